The topological polar surface area (TPSA) is 28.2 Å². The Bertz CT molecular complexity index is 546. The van der Waals surface area contributed by atoms with Gasteiger partial charge in [0.25, 0.3) is 0 Å². The van der Waals surface area contributed by atoms with E-state index in [1.165, 1.54) is 15.4 Å². The maximum atomic E-state index is 4.85. The van der Waals surface area contributed by atoms with Crippen LogP contribution in [-0.4, -0.2) is 18.1 Å². The van der Waals surface area contributed by atoms with Crippen LogP contribution in [0.5, 0.6) is 0 Å². The summed E-state index contributed by atoms with van der Waals surface area (Å²) in [5.74, 6) is 0. The summed E-state index contributed by atoms with van der Waals surface area (Å²) in [5, 5.41) is 6.75. The average Bonchev–Trinajstić information content (AvgIpc) is 3.12. The summed E-state index contributed by atoms with van der Waals surface area (Å²) in [6.45, 7) is 9.70. The minimum atomic E-state index is 0.367. The summed E-state index contributed by atoms with van der Waals surface area (Å²) in [7, 11) is 2.14. The summed E-state index contributed by atoms with van der Waals surface area (Å²) in [4.78, 5) is 9.88. The summed E-state index contributed by atoms with van der Waals surface area (Å²) >= 11 is 3.62. The van der Waals surface area contributed by atoms with Gasteiger partial charge in [-0.15, -0.1) is 22.7 Å². The summed E-state index contributed by atoms with van der Waals surface area (Å²) < 4.78 is 0. The van der Waals surface area contributed by atoms with Crippen LogP contribution in [0.2, 0.25) is 0 Å². The molecule has 21 heavy (non-hydrogen) atoms. The van der Waals surface area contributed by atoms with Crippen molar-refractivity contribution in [1.82, 2.24) is 10.3 Å². The first-order valence-corrected chi connectivity index (χ1v) is 9.20. The maximum absolute atomic E-state index is 4.85. The van der Waals surface area contributed by atoms with Crippen LogP contribution in [-0.2, 0) is 13.0 Å². The summed E-state index contributed by atoms with van der Waals surface area (Å²) in [6, 6.07) is 5.18. The molecule has 0 aromatic carbocycles. The Balaban J connectivity index is 2.15. The van der Waals surface area contributed by atoms with E-state index in [2.05, 4.69) is 62.5 Å². The number of nitrogens with one attached hydrogen (secondary N) is 1. The molecule has 0 amide bonds. The van der Waals surface area contributed by atoms with Crippen LogP contribution in [0.3, 0.4) is 0 Å². The van der Waals surface area contributed by atoms with E-state index in [9.17, 15) is 0 Å². The lowest BCUT2D eigenvalue weighted by Crippen LogP contribution is -2.21. The number of hydrogen-bond acceptors (Lipinski definition) is 5. The van der Waals surface area contributed by atoms with Gasteiger partial charge in [0.1, 0.15) is 0 Å². The third-order valence-electron chi connectivity index (χ3n) is 3.61. The average molecular weight is 324 g/mol. The summed E-state index contributed by atoms with van der Waals surface area (Å²) in [5.41, 5.74) is 1.23. The molecule has 5 heteroatoms. The molecule has 2 heterocycles. The minimum Gasteiger partial charge on any atom is -0.344 e. The van der Waals surface area contributed by atoms with Crippen molar-refractivity contribution < 1.29 is 0 Å². The van der Waals surface area contributed by atoms with E-state index in [0.29, 0.717) is 12.1 Å². The number of rotatable bonds is 7. The van der Waals surface area contributed by atoms with Crippen molar-refractivity contribution in [3.05, 3.63) is 33.0 Å². The normalized spacial score (nSPS) is 12.9. The third kappa shape index (κ3) is 4.05. The molecule has 2 aromatic rings. The Morgan fingerprint density at radius 3 is 2.67 bits per heavy atom. The van der Waals surface area contributed by atoms with Crippen LogP contribution < -0.4 is 10.2 Å². The highest BCUT2D eigenvalue weighted by Crippen LogP contribution is 2.33. The lowest BCUT2D eigenvalue weighted by Gasteiger charge is -2.23. The largest absolute Gasteiger partial charge is 0.344 e. The Labute approximate surface area is 136 Å². The van der Waals surface area contributed by atoms with Crippen LogP contribution in [0.4, 0.5) is 5.13 Å². The Hall–Kier alpha value is -0.910. The molecule has 0 aliphatic heterocycles. The van der Waals surface area contributed by atoms with Crippen LogP contribution >= 0.6 is 22.7 Å². The van der Waals surface area contributed by atoms with Gasteiger partial charge in [-0.2, -0.15) is 0 Å². The van der Waals surface area contributed by atoms with Crippen LogP contribution in [0, 0.1) is 0 Å². The van der Waals surface area contributed by atoms with Crippen molar-refractivity contribution in [3.63, 3.8) is 0 Å². The molecular formula is C16H25N3S2. The van der Waals surface area contributed by atoms with E-state index in [1.807, 2.05) is 22.7 Å². The second-order valence-electron chi connectivity index (χ2n) is 5.56. The first-order chi connectivity index (χ1) is 10.0. The second kappa shape index (κ2) is 7.38. The van der Waals surface area contributed by atoms with Gasteiger partial charge in [0.2, 0.25) is 0 Å². The van der Waals surface area contributed by atoms with Gasteiger partial charge in [0.05, 0.1) is 11.7 Å². The maximum Gasteiger partial charge on any atom is 0.186 e. The zero-order chi connectivity index (χ0) is 15.4. The molecule has 116 valence electrons. The fraction of sp³-hybridized carbons (Fsp3) is 0.562. The van der Waals surface area contributed by atoms with Crippen molar-refractivity contribution >= 4 is 27.8 Å². The van der Waals surface area contributed by atoms with Gasteiger partial charge in [0.15, 0.2) is 5.13 Å². The molecule has 2 rings (SSSR count). The molecule has 1 atom stereocenters. The standard InChI is InChI=1S/C16H25N3S2/c1-6-13-15(10-17-11(2)3)21-16(18-13)19(5)12(4)14-8-7-9-20-14/h7-9,11-12,17H,6,10H2,1-5H3. The van der Waals surface area contributed by atoms with Crippen molar-refractivity contribution in [2.45, 2.75) is 52.7 Å². The van der Waals surface area contributed by atoms with Crippen LogP contribution in [0.15, 0.2) is 17.5 Å². The number of nitrogens with zero attached hydrogens (tertiary/aromatic N) is 2. The molecule has 2 aromatic heterocycles. The first-order valence-electron chi connectivity index (χ1n) is 7.51. The van der Waals surface area contributed by atoms with Gasteiger partial charge in [-0.3, -0.25) is 0 Å². The zero-order valence-electron chi connectivity index (χ0n) is 13.5. The lowest BCUT2D eigenvalue weighted by molar-refractivity contribution is 0.590. The van der Waals surface area contributed by atoms with E-state index < -0.39 is 0 Å². The van der Waals surface area contributed by atoms with Crippen molar-refractivity contribution in [2.24, 2.45) is 0 Å². The molecule has 0 aliphatic carbocycles. The van der Waals surface area contributed by atoms with E-state index in [0.717, 1.165) is 18.1 Å². The number of anilines is 1. The van der Waals surface area contributed by atoms with Gasteiger partial charge < -0.3 is 10.2 Å². The molecule has 0 radical (unpaired) electrons. The predicted octanol–water partition coefficient (Wildman–Crippen LogP) is 4.46. The third-order valence-corrected chi connectivity index (χ3v) is 5.84. The van der Waals surface area contributed by atoms with Crippen molar-refractivity contribution in [2.75, 3.05) is 11.9 Å². The molecule has 0 bridgehead atoms. The van der Waals surface area contributed by atoms with Gasteiger partial charge in [-0.1, -0.05) is 26.8 Å². The first kappa shape index (κ1) is 16.5. The molecular weight excluding hydrogens is 298 g/mol. The van der Waals surface area contributed by atoms with Crippen molar-refractivity contribution in [1.29, 1.82) is 0 Å². The van der Waals surface area contributed by atoms with Crippen LogP contribution in [0.25, 0.3) is 0 Å². The van der Waals surface area contributed by atoms with Crippen molar-refractivity contribution in [3.8, 4) is 0 Å². The van der Waals surface area contributed by atoms with E-state index in [4.69, 9.17) is 4.98 Å². The van der Waals surface area contributed by atoms with Gasteiger partial charge in [-0.05, 0) is 24.8 Å². The molecule has 1 unspecified atom stereocenters. The SMILES string of the molecule is CCc1nc(N(C)C(C)c2cccs2)sc1CNC(C)C. The predicted molar refractivity (Wildman–Crippen MR) is 94.6 cm³/mol. The smallest absolute Gasteiger partial charge is 0.186 e. The van der Waals surface area contributed by atoms with E-state index >= 15 is 0 Å². The molecule has 0 spiro atoms. The highest BCUT2D eigenvalue weighted by Gasteiger charge is 2.18. The molecule has 0 aliphatic rings. The van der Waals surface area contributed by atoms with E-state index in [-0.39, 0.29) is 0 Å². The highest BCUT2D eigenvalue weighted by atomic mass is 32.1. The molecule has 0 fully saturated rings. The fourth-order valence-electron chi connectivity index (χ4n) is 2.12. The fourth-order valence-corrected chi connectivity index (χ4v) is 4.09. The molecule has 1 N–H and O–H groups in total. The number of aryl methyl sites for hydroxylation is 1. The summed E-state index contributed by atoms with van der Waals surface area (Å²) in [6.07, 6.45) is 0.993. The lowest BCUT2D eigenvalue weighted by atomic mass is 10.2. The number of hydrogen-bond donors (Lipinski definition) is 1. The van der Waals surface area contributed by atoms with Gasteiger partial charge in [0, 0.05) is 29.4 Å². The Kier molecular flexibility index (Phi) is 5.79. The Morgan fingerprint density at radius 2 is 2.10 bits per heavy atom. The number of aromatic nitrogens is 1. The zero-order valence-corrected chi connectivity index (χ0v) is 15.1. The Morgan fingerprint density at radius 1 is 1.33 bits per heavy atom. The molecule has 0 saturated heterocycles. The van der Waals surface area contributed by atoms with E-state index in [1.54, 1.807) is 0 Å². The quantitative estimate of drug-likeness (QED) is 0.815. The molecule has 3 nitrogen and oxygen atoms in total. The monoisotopic (exact) mass is 323 g/mol. The second-order valence-corrected chi connectivity index (χ2v) is 7.60. The number of thiophene rings is 1. The molecule has 0 saturated carbocycles. The van der Waals surface area contributed by atoms with Gasteiger partial charge in [-0.25, -0.2) is 4.98 Å². The minimum absolute atomic E-state index is 0.367. The van der Waals surface area contributed by atoms with Crippen LogP contribution in [0.1, 0.15) is 49.2 Å². The highest BCUT2D eigenvalue weighted by molar-refractivity contribution is 7.15. The van der Waals surface area contributed by atoms with Gasteiger partial charge >= 0.3 is 0 Å². The number of thiazole rings is 1.